The smallest absolute Gasteiger partial charge is 0.223 e. The first kappa shape index (κ1) is 9.57. The lowest BCUT2D eigenvalue weighted by Gasteiger charge is -2.03. The Balaban J connectivity index is 2.02. The summed E-state index contributed by atoms with van der Waals surface area (Å²) in [4.78, 5) is 8.31. The summed E-state index contributed by atoms with van der Waals surface area (Å²) in [5, 5.41) is 10.8. The molecule has 0 aliphatic rings. The maximum Gasteiger partial charge on any atom is 0.223 e. The van der Waals surface area contributed by atoms with Gasteiger partial charge in [-0.3, -0.25) is 0 Å². The van der Waals surface area contributed by atoms with Gasteiger partial charge in [0.2, 0.25) is 5.95 Å². The van der Waals surface area contributed by atoms with E-state index >= 15 is 0 Å². The minimum absolute atomic E-state index is 0.569. The minimum Gasteiger partial charge on any atom is -0.347 e. The predicted molar refractivity (Wildman–Crippen MR) is 55.1 cm³/mol. The fourth-order valence-corrected chi connectivity index (χ4v) is 1.16. The average molecular weight is 204 g/mol. The molecule has 0 aliphatic carbocycles. The molecule has 0 saturated carbocycles. The molecule has 0 radical (unpaired) electrons. The van der Waals surface area contributed by atoms with Crippen LogP contribution in [0.2, 0.25) is 0 Å². The van der Waals surface area contributed by atoms with E-state index in [2.05, 4.69) is 25.5 Å². The molecule has 2 aromatic heterocycles. The van der Waals surface area contributed by atoms with Crippen LogP contribution in [0.4, 0.5) is 5.95 Å². The second-order valence-electron chi connectivity index (χ2n) is 3.23. The van der Waals surface area contributed by atoms with E-state index in [4.69, 9.17) is 0 Å². The van der Waals surface area contributed by atoms with Gasteiger partial charge in [-0.25, -0.2) is 9.97 Å². The molecule has 0 saturated heterocycles. The van der Waals surface area contributed by atoms with Gasteiger partial charge in [0, 0.05) is 18.9 Å². The van der Waals surface area contributed by atoms with Gasteiger partial charge in [0.25, 0.3) is 0 Å². The molecule has 2 aromatic rings. The minimum atomic E-state index is 0.569. The number of rotatable bonds is 3. The largest absolute Gasteiger partial charge is 0.347 e. The molecule has 0 spiro atoms. The molecule has 15 heavy (non-hydrogen) atoms. The van der Waals surface area contributed by atoms with Gasteiger partial charge in [-0.2, -0.15) is 0 Å². The zero-order chi connectivity index (χ0) is 10.7. The highest BCUT2D eigenvalue weighted by atomic mass is 15.3. The number of anilines is 1. The Labute approximate surface area is 87.4 Å². The lowest BCUT2D eigenvalue weighted by Crippen LogP contribution is -2.08. The number of aryl methyl sites for hydroxylation is 2. The normalized spacial score (nSPS) is 10.3. The van der Waals surface area contributed by atoms with Crippen molar-refractivity contribution >= 4 is 5.95 Å². The van der Waals surface area contributed by atoms with Crippen LogP contribution in [-0.4, -0.2) is 24.7 Å². The van der Waals surface area contributed by atoms with Crippen molar-refractivity contribution in [1.82, 2.24) is 24.7 Å². The molecule has 1 N–H and O–H groups in total. The Morgan fingerprint density at radius 3 is 3.00 bits per heavy atom. The first-order chi connectivity index (χ1) is 7.25. The van der Waals surface area contributed by atoms with Gasteiger partial charge in [-0.1, -0.05) is 0 Å². The highest BCUT2D eigenvalue weighted by Crippen LogP contribution is 2.01. The van der Waals surface area contributed by atoms with Gasteiger partial charge in [-0.15, -0.1) is 10.2 Å². The molecule has 0 aromatic carbocycles. The third kappa shape index (κ3) is 2.28. The van der Waals surface area contributed by atoms with Crippen molar-refractivity contribution in [3.8, 4) is 0 Å². The summed E-state index contributed by atoms with van der Waals surface area (Å²) in [5.74, 6) is 1.46. The summed E-state index contributed by atoms with van der Waals surface area (Å²) in [5.41, 5.74) is 0.936. The Bertz CT molecular complexity index is 449. The maximum absolute atomic E-state index is 4.22. The molecule has 0 unspecified atom stereocenters. The molecule has 6 heteroatoms. The van der Waals surface area contributed by atoms with E-state index in [0.29, 0.717) is 12.5 Å². The highest BCUT2D eigenvalue weighted by Gasteiger charge is 2.01. The fourth-order valence-electron chi connectivity index (χ4n) is 1.16. The Morgan fingerprint density at radius 2 is 2.33 bits per heavy atom. The monoisotopic (exact) mass is 204 g/mol. The summed E-state index contributed by atoms with van der Waals surface area (Å²) < 4.78 is 1.85. The summed E-state index contributed by atoms with van der Waals surface area (Å²) in [7, 11) is 1.90. The second-order valence-corrected chi connectivity index (χ2v) is 3.23. The van der Waals surface area contributed by atoms with Crippen LogP contribution in [0.15, 0.2) is 18.6 Å². The van der Waals surface area contributed by atoms with Crippen molar-refractivity contribution < 1.29 is 0 Å². The van der Waals surface area contributed by atoms with Crippen LogP contribution in [-0.2, 0) is 13.6 Å². The molecule has 2 heterocycles. The van der Waals surface area contributed by atoms with Crippen LogP contribution in [0.5, 0.6) is 0 Å². The van der Waals surface area contributed by atoms with Gasteiger partial charge < -0.3 is 9.88 Å². The van der Waals surface area contributed by atoms with Gasteiger partial charge in [0.15, 0.2) is 5.82 Å². The number of nitrogens with zero attached hydrogens (tertiary/aromatic N) is 5. The van der Waals surface area contributed by atoms with Crippen molar-refractivity contribution in [3.05, 3.63) is 30.1 Å². The summed E-state index contributed by atoms with van der Waals surface area (Å²) in [6, 6.07) is 1.85. The van der Waals surface area contributed by atoms with Crippen LogP contribution in [0.3, 0.4) is 0 Å². The van der Waals surface area contributed by atoms with Crippen molar-refractivity contribution in [2.75, 3.05) is 5.32 Å². The first-order valence-electron chi connectivity index (χ1n) is 4.62. The van der Waals surface area contributed by atoms with E-state index in [1.165, 1.54) is 0 Å². The zero-order valence-electron chi connectivity index (χ0n) is 8.68. The summed E-state index contributed by atoms with van der Waals surface area (Å²) >= 11 is 0. The third-order valence-electron chi connectivity index (χ3n) is 2.00. The van der Waals surface area contributed by atoms with Crippen LogP contribution in [0.1, 0.15) is 11.5 Å². The van der Waals surface area contributed by atoms with E-state index in [1.54, 1.807) is 12.5 Å². The Kier molecular flexibility index (Phi) is 2.57. The molecule has 0 aliphatic heterocycles. The number of hydrogen-bond acceptors (Lipinski definition) is 5. The first-order valence-corrected chi connectivity index (χ1v) is 4.62. The number of nitrogens with one attached hydrogen (secondary N) is 1. The van der Waals surface area contributed by atoms with Crippen LogP contribution in [0.25, 0.3) is 0 Å². The maximum atomic E-state index is 4.22. The van der Waals surface area contributed by atoms with Crippen LogP contribution >= 0.6 is 0 Å². The van der Waals surface area contributed by atoms with E-state index in [-0.39, 0.29) is 0 Å². The topological polar surface area (TPSA) is 68.5 Å². The lowest BCUT2D eigenvalue weighted by atomic mass is 10.5. The average Bonchev–Trinajstić information content (AvgIpc) is 2.61. The fraction of sp³-hybridized carbons (Fsp3) is 0.333. The van der Waals surface area contributed by atoms with Gasteiger partial charge in [-0.05, 0) is 13.0 Å². The summed E-state index contributed by atoms with van der Waals surface area (Å²) in [6.45, 7) is 2.50. The van der Waals surface area contributed by atoms with Gasteiger partial charge in [0.1, 0.15) is 6.33 Å². The van der Waals surface area contributed by atoms with E-state index in [0.717, 1.165) is 11.5 Å². The van der Waals surface area contributed by atoms with Crippen LogP contribution in [0, 0.1) is 6.92 Å². The molecule has 0 atom stereocenters. The zero-order valence-corrected chi connectivity index (χ0v) is 8.68. The molecule has 6 nitrogen and oxygen atoms in total. The third-order valence-corrected chi connectivity index (χ3v) is 2.00. The Hall–Kier alpha value is -1.98. The van der Waals surface area contributed by atoms with E-state index in [9.17, 15) is 0 Å². The molecule has 0 fully saturated rings. The van der Waals surface area contributed by atoms with Crippen LogP contribution < -0.4 is 5.32 Å². The molecule has 0 bridgehead atoms. The van der Waals surface area contributed by atoms with Gasteiger partial charge >= 0.3 is 0 Å². The molecule has 2 rings (SSSR count). The van der Waals surface area contributed by atoms with E-state index < -0.39 is 0 Å². The lowest BCUT2D eigenvalue weighted by molar-refractivity contribution is 0.806. The summed E-state index contributed by atoms with van der Waals surface area (Å²) in [6.07, 6.45) is 3.38. The number of aromatic nitrogens is 5. The molecular formula is C9H12N6. The van der Waals surface area contributed by atoms with Crippen molar-refractivity contribution in [1.29, 1.82) is 0 Å². The van der Waals surface area contributed by atoms with Crippen molar-refractivity contribution in [2.24, 2.45) is 7.05 Å². The second kappa shape index (κ2) is 4.04. The SMILES string of the molecule is Cc1ccnc(NCc2nncn2C)n1. The standard InChI is InChI=1S/C9H12N6/c1-7-3-4-10-9(13-7)11-5-8-14-12-6-15(8)2/h3-4,6H,5H2,1-2H3,(H,10,11,13). The van der Waals surface area contributed by atoms with E-state index in [1.807, 2.05) is 24.6 Å². The molecule has 78 valence electrons. The molecule has 0 amide bonds. The van der Waals surface area contributed by atoms with Crippen molar-refractivity contribution in [2.45, 2.75) is 13.5 Å². The number of hydrogen-bond donors (Lipinski definition) is 1. The van der Waals surface area contributed by atoms with Crippen molar-refractivity contribution in [3.63, 3.8) is 0 Å². The Morgan fingerprint density at radius 1 is 1.47 bits per heavy atom. The quantitative estimate of drug-likeness (QED) is 0.789. The highest BCUT2D eigenvalue weighted by molar-refractivity contribution is 5.24. The predicted octanol–water partition coefficient (Wildman–Crippen LogP) is 0.526. The molecular weight excluding hydrogens is 192 g/mol. The van der Waals surface area contributed by atoms with Gasteiger partial charge in [0.05, 0.1) is 6.54 Å².